The molecule has 1 spiro atoms. The first-order valence-corrected chi connectivity index (χ1v) is 7.49. The number of benzene rings is 1. The van der Waals surface area contributed by atoms with Crippen LogP contribution in [0.25, 0.3) is 0 Å². The van der Waals surface area contributed by atoms with E-state index in [1.807, 2.05) is 6.07 Å². The average molecular weight is 254 g/mol. The van der Waals surface area contributed by atoms with Crippen LogP contribution < -0.4 is 4.74 Å². The molecule has 1 saturated carbocycles. The van der Waals surface area contributed by atoms with E-state index < -0.39 is 0 Å². The molecule has 1 aliphatic heterocycles. The summed E-state index contributed by atoms with van der Waals surface area (Å²) in [5, 5.41) is 10.2. The molecule has 1 fully saturated rings. The van der Waals surface area contributed by atoms with Crippen molar-refractivity contribution in [2.24, 2.45) is 11.8 Å². The molecular formula is C17H18O2. The molecule has 4 aliphatic rings. The molecule has 3 aliphatic carbocycles. The van der Waals surface area contributed by atoms with E-state index in [0.717, 1.165) is 24.5 Å². The monoisotopic (exact) mass is 254 g/mol. The highest BCUT2D eigenvalue weighted by atomic mass is 16.5. The fourth-order valence-corrected chi connectivity index (χ4v) is 5.36. The minimum Gasteiger partial charge on any atom is -0.504 e. The summed E-state index contributed by atoms with van der Waals surface area (Å²) in [5.74, 6) is 2.55. The lowest BCUT2D eigenvalue weighted by Crippen LogP contribution is -2.53. The topological polar surface area (TPSA) is 29.5 Å². The van der Waals surface area contributed by atoms with Crippen molar-refractivity contribution < 1.29 is 9.84 Å². The van der Waals surface area contributed by atoms with E-state index in [4.69, 9.17) is 4.74 Å². The molecule has 1 aromatic carbocycles. The summed E-state index contributed by atoms with van der Waals surface area (Å²) in [4.78, 5) is 0. The SMILES string of the molecule is Oc1ccc2c3c1O[C@H]1CC=CC4C(CCCC341)C2. The highest BCUT2D eigenvalue weighted by molar-refractivity contribution is 5.60. The zero-order valence-corrected chi connectivity index (χ0v) is 10.9. The van der Waals surface area contributed by atoms with Crippen LogP contribution in [-0.2, 0) is 11.8 Å². The minimum atomic E-state index is 0.180. The van der Waals surface area contributed by atoms with Crippen molar-refractivity contribution in [3.8, 4) is 11.5 Å². The van der Waals surface area contributed by atoms with E-state index in [9.17, 15) is 5.11 Å². The summed E-state index contributed by atoms with van der Waals surface area (Å²) in [6, 6.07) is 3.96. The first kappa shape index (κ1) is 10.4. The number of hydrogen-bond acceptors (Lipinski definition) is 2. The highest BCUT2D eigenvalue weighted by Crippen LogP contribution is 2.64. The van der Waals surface area contributed by atoms with Gasteiger partial charge in [-0.3, -0.25) is 0 Å². The Balaban J connectivity index is 1.87. The van der Waals surface area contributed by atoms with Gasteiger partial charge in [-0.15, -0.1) is 0 Å². The van der Waals surface area contributed by atoms with Crippen molar-refractivity contribution in [1.82, 2.24) is 0 Å². The maximum absolute atomic E-state index is 10.2. The van der Waals surface area contributed by atoms with Crippen LogP contribution in [-0.4, -0.2) is 11.2 Å². The van der Waals surface area contributed by atoms with Crippen LogP contribution in [0.1, 0.15) is 36.8 Å². The Kier molecular flexibility index (Phi) is 1.73. The van der Waals surface area contributed by atoms with E-state index in [-0.39, 0.29) is 11.5 Å². The quantitative estimate of drug-likeness (QED) is 0.720. The second-order valence-corrected chi connectivity index (χ2v) is 6.64. The third-order valence-electron chi connectivity index (χ3n) is 5.97. The van der Waals surface area contributed by atoms with Gasteiger partial charge in [0.2, 0.25) is 0 Å². The highest BCUT2D eigenvalue weighted by Gasteiger charge is 2.60. The molecule has 0 aromatic heterocycles. The Bertz CT molecular complexity index is 604. The van der Waals surface area contributed by atoms with Gasteiger partial charge >= 0.3 is 0 Å². The minimum absolute atomic E-state index is 0.180. The third kappa shape index (κ3) is 1.02. The van der Waals surface area contributed by atoms with E-state index in [2.05, 4.69) is 18.2 Å². The van der Waals surface area contributed by atoms with Gasteiger partial charge in [0.15, 0.2) is 11.5 Å². The predicted molar refractivity (Wildman–Crippen MR) is 72.5 cm³/mol. The van der Waals surface area contributed by atoms with Crippen LogP contribution in [0.4, 0.5) is 0 Å². The van der Waals surface area contributed by atoms with Crippen LogP contribution in [0, 0.1) is 11.8 Å². The van der Waals surface area contributed by atoms with E-state index >= 15 is 0 Å². The third-order valence-corrected chi connectivity index (χ3v) is 5.97. The van der Waals surface area contributed by atoms with Crippen molar-refractivity contribution in [3.05, 3.63) is 35.4 Å². The van der Waals surface area contributed by atoms with Crippen molar-refractivity contribution in [1.29, 1.82) is 0 Å². The van der Waals surface area contributed by atoms with E-state index in [0.29, 0.717) is 11.7 Å². The summed E-state index contributed by atoms with van der Waals surface area (Å²) < 4.78 is 6.21. The number of phenolic OH excluding ortho intramolecular Hbond substituents is 1. The molecule has 98 valence electrons. The Morgan fingerprint density at radius 1 is 1.32 bits per heavy atom. The average Bonchev–Trinajstić information content (AvgIpc) is 2.74. The molecule has 1 N–H and O–H groups in total. The first-order valence-electron chi connectivity index (χ1n) is 7.49. The second-order valence-electron chi connectivity index (χ2n) is 6.64. The Labute approximate surface area is 113 Å². The van der Waals surface area contributed by atoms with E-state index in [1.165, 1.54) is 30.4 Å². The number of ether oxygens (including phenoxy) is 1. The molecule has 2 heteroatoms. The zero-order chi connectivity index (χ0) is 12.6. The summed E-state index contributed by atoms with van der Waals surface area (Å²) in [6.45, 7) is 0. The van der Waals surface area contributed by atoms with Crippen molar-refractivity contribution >= 4 is 0 Å². The predicted octanol–water partition coefficient (Wildman–Crippen LogP) is 3.32. The lowest BCUT2D eigenvalue weighted by Gasteiger charge is -2.52. The van der Waals surface area contributed by atoms with Crippen molar-refractivity contribution in [2.45, 2.75) is 43.6 Å². The summed E-state index contributed by atoms with van der Waals surface area (Å²) in [7, 11) is 0. The second kappa shape index (κ2) is 3.17. The van der Waals surface area contributed by atoms with Crippen LogP contribution in [0.3, 0.4) is 0 Å². The smallest absolute Gasteiger partial charge is 0.165 e. The van der Waals surface area contributed by atoms with Crippen LogP contribution in [0.15, 0.2) is 24.3 Å². The van der Waals surface area contributed by atoms with Crippen LogP contribution in [0.2, 0.25) is 0 Å². The fraction of sp³-hybridized carbons (Fsp3) is 0.529. The molecule has 2 bridgehead atoms. The summed E-state index contributed by atoms with van der Waals surface area (Å²) in [5.41, 5.74) is 2.98. The van der Waals surface area contributed by atoms with Gasteiger partial charge in [-0.1, -0.05) is 24.6 Å². The van der Waals surface area contributed by atoms with Gasteiger partial charge in [-0.05, 0) is 42.7 Å². The maximum Gasteiger partial charge on any atom is 0.165 e. The first-order chi connectivity index (χ1) is 9.30. The Morgan fingerprint density at radius 3 is 3.21 bits per heavy atom. The van der Waals surface area contributed by atoms with Gasteiger partial charge < -0.3 is 9.84 Å². The lowest BCUT2D eigenvalue weighted by molar-refractivity contribution is 0.0388. The molecule has 19 heavy (non-hydrogen) atoms. The van der Waals surface area contributed by atoms with Gasteiger partial charge in [-0.2, -0.15) is 0 Å². The van der Waals surface area contributed by atoms with Gasteiger partial charge in [-0.25, -0.2) is 0 Å². The zero-order valence-electron chi connectivity index (χ0n) is 10.9. The van der Waals surface area contributed by atoms with Crippen LogP contribution >= 0.6 is 0 Å². The number of aromatic hydroxyl groups is 1. The molecule has 0 amide bonds. The van der Waals surface area contributed by atoms with Crippen molar-refractivity contribution in [2.75, 3.05) is 0 Å². The fourth-order valence-electron chi connectivity index (χ4n) is 5.36. The molecule has 3 unspecified atom stereocenters. The molecule has 1 aromatic rings. The molecule has 1 heterocycles. The summed E-state index contributed by atoms with van der Waals surface area (Å²) in [6.07, 6.45) is 11.1. The summed E-state index contributed by atoms with van der Waals surface area (Å²) >= 11 is 0. The van der Waals surface area contributed by atoms with Crippen molar-refractivity contribution in [3.63, 3.8) is 0 Å². The maximum atomic E-state index is 10.2. The normalized spacial score (nSPS) is 40.7. The van der Waals surface area contributed by atoms with Gasteiger partial charge in [0.1, 0.15) is 6.10 Å². The van der Waals surface area contributed by atoms with Crippen LogP contribution in [0.5, 0.6) is 11.5 Å². The number of allylic oxidation sites excluding steroid dienone is 1. The molecular weight excluding hydrogens is 236 g/mol. The van der Waals surface area contributed by atoms with E-state index in [1.54, 1.807) is 0 Å². The molecule has 2 nitrogen and oxygen atoms in total. The molecule has 4 atom stereocenters. The lowest BCUT2D eigenvalue weighted by atomic mass is 9.50. The number of rotatable bonds is 0. The number of hydrogen-bond donors (Lipinski definition) is 1. The van der Waals surface area contributed by atoms with Gasteiger partial charge in [0.05, 0.1) is 0 Å². The Morgan fingerprint density at radius 2 is 2.26 bits per heavy atom. The Hall–Kier alpha value is -1.44. The number of phenols is 1. The molecule has 0 radical (unpaired) electrons. The largest absolute Gasteiger partial charge is 0.504 e. The molecule has 0 saturated heterocycles. The van der Waals surface area contributed by atoms with Gasteiger partial charge in [0, 0.05) is 17.4 Å². The standard InChI is InChI=1S/C17H18O2/c18-13-7-6-11-9-10-3-2-8-17-12(10)4-1-5-14(17)19-16(13)15(11)17/h1,4,6-7,10,12,14,18H,2-3,5,8-9H2/t10?,12?,14-,17?/m0/s1. The molecule has 5 rings (SSSR count). The van der Waals surface area contributed by atoms with Gasteiger partial charge in [0.25, 0.3) is 0 Å².